The first kappa shape index (κ1) is 15.2. The van der Waals surface area contributed by atoms with E-state index in [0.29, 0.717) is 24.4 Å². The largest absolute Gasteiger partial charge is 0.396 e. The van der Waals surface area contributed by atoms with E-state index in [9.17, 15) is 10.1 Å². The van der Waals surface area contributed by atoms with Gasteiger partial charge in [-0.25, -0.2) is 0 Å². The van der Waals surface area contributed by atoms with Crippen LogP contribution in [-0.4, -0.2) is 43.4 Å². The van der Waals surface area contributed by atoms with Gasteiger partial charge >= 0.3 is 0 Å². The molecule has 7 nitrogen and oxygen atoms in total. The van der Waals surface area contributed by atoms with Gasteiger partial charge in [-0.15, -0.1) is 0 Å². The molecule has 0 saturated carbocycles. The standard InChI is InChI=1S/C12H19N3O4/c1-13-10-5-11(7-12(6-10)15(17)18)14-9(3-4-16)8-19-2/h5-7,9,13-14,16H,3-4,8H2,1-2H3. The number of anilines is 2. The maximum atomic E-state index is 10.8. The number of non-ortho nitro benzene ring substituents is 1. The summed E-state index contributed by atoms with van der Waals surface area (Å²) in [5.74, 6) is 0. The fourth-order valence-electron chi connectivity index (χ4n) is 1.73. The van der Waals surface area contributed by atoms with Crippen LogP contribution < -0.4 is 10.6 Å². The molecule has 0 heterocycles. The van der Waals surface area contributed by atoms with E-state index < -0.39 is 4.92 Å². The average molecular weight is 269 g/mol. The summed E-state index contributed by atoms with van der Waals surface area (Å²) in [5, 5.41) is 25.8. The van der Waals surface area contributed by atoms with Gasteiger partial charge in [0.1, 0.15) is 0 Å². The lowest BCUT2D eigenvalue weighted by molar-refractivity contribution is -0.384. The van der Waals surface area contributed by atoms with Crippen LogP contribution in [0, 0.1) is 10.1 Å². The van der Waals surface area contributed by atoms with Crippen molar-refractivity contribution in [2.75, 3.05) is 38.0 Å². The third-order valence-corrected chi connectivity index (χ3v) is 2.63. The minimum absolute atomic E-state index is 0.00881. The predicted octanol–water partition coefficient (Wildman–Crippen LogP) is 1.45. The van der Waals surface area contributed by atoms with Gasteiger partial charge in [0.25, 0.3) is 5.69 Å². The van der Waals surface area contributed by atoms with Crippen molar-refractivity contribution in [1.82, 2.24) is 0 Å². The number of methoxy groups -OCH3 is 1. The molecule has 1 unspecified atom stereocenters. The topological polar surface area (TPSA) is 96.7 Å². The fraction of sp³-hybridized carbons (Fsp3) is 0.500. The van der Waals surface area contributed by atoms with Crippen molar-refractivity contribution in [2.45, 2.75) is 12.5 Å². The highest BCUT2D eigenvalue weighted by Crippen LogP contribution is 2.24. The summed E-state index contributed by atoms with van der Waals surface area (Å²) in [7, 11) is 3.27. The minimum atomic E-state index is -0.441. The van der Waals surface area contributed by atoms with E-state index in [1.807, 2.05) is 0 Å². The third-order valence-electron chi connectivity index (χ3n) is 2.63. The van der Waals surface area contributed by atoms with Crippen molar-refractivity contribution < 1.29 is 14.8 Å². The van der Waals surface area contributed by atoms with Crippen LogP contribution in [0.15, 0.2) is 18.2 Å². The first-order chi connectivity index (χ1) is 9.10. The van der Waals surface area contributed by atoms with Crippen LogP contribution in [0.3, 0.4) is 0 Å². The molecular formula is C12H19N3O4. The van der Waals surface area contributed by atoms with Crippen LogP contribution >= 0.6 is 0 Å². The molecule has 0 bridgehead atoms. The molecule has 19 heavy (non-hydrogen) atoms. The number of aliphatic hydroxyl groups excluding tert-OH is 1. The molecule has 1 atom stereocenters. The van der Waals surface area contributed by atoms with E-state index in [0.717, 1.165) is 0 Å². The van der Waals surface area contributed by atoms with Crippen LogP contribution in [0.1, 0.15) is 6.42 Å². The van der Waals surface area contributed by atoms with Gasteiger partial charge < -0.3 is 20.5 Å². The maximum absolute atomic E-state index is 10.8. The van der Waals surface area contributed by atoms with E-state index in [1.54, 1.807) is 20.2 Å². The highest BCUT2D eigenvalue weighted by Gasteiger charge is 2.12. The molecule has 0 aliphatic heterocycles. The highest BCUT2D eigenvalue weighted by atomic mass is 16.6. The molecule has 0 aliphatic rings. The van der Waals surface area contributed by atoms with Gasteiger partial charge in [0.15, 0.2) is 0 Å². The Bertz CT molecular complexity index is 419. The monoisotopic (exact) mass is 269 g/mol. The van der Waals surface area contributed by atoms with E-state index >= 15 is 0 Å². The first-order valence-electron chi connectivity index (χ1n) is 5.94. The lowest BCUT2D eigenvalue weighted by atomic mass is 10.2. The number of hydrogen-bond donors (Lipinski definition) is 3. The van der Waals surface area contributed by atoms with Crippen LogP contribution in [0.2, 0.25) is 0 Å². The van der Waals surface area contributed by atoms with E-state index in [-0.39, 0.29) is 18.3 Å². The first-order valence-corrected chi connectivity index (χ1v) is 5.94. The molecule has 1 aromatic rings. The summed E-state index contributed by atoms with van der Waals surface area (Å²) in [5.41, 5.74) is 1.28. The summed E-state index contributed by atoms with van der Waals surface area (Å²) >= 11 is 0. The van der Waals surface area contributed by atoms with Crippen LogP contribution in [-0.2, 0) is 4.74 Å². The Labute approximate surface area is 111 Å². The second kappa shape index (κ2) is 7.55. The van der Waals surface area contributed by atoms with E-state index in [4.69, 9.17) is 9.84 Å². The number of ether oxygens (including phenoxy) is 1. The Kier molecular flexibility index (Phi) is 6.04. The maximum Gasteiger partial charge on any atom is 0.273 e. The van der Waals surface area contributed by atoms with Gasteiger partial charge in [0, 0.05) is 44.3 Å². The minimum Gasteiger partial charge on any atom is -0.396 e. The lowest BCUT2D eigenvalue weighted by Crippen LogP contribution is -2.26. The van der Waals surface area contributed by atoms with Crippen molar-refractivity contribution >= 4 is 17.1 Å². The molecule has 0 saturated heterocycles. The van der Waals surface area contributed by atoms with E-state index in [1.165, 1.54) is 12.1 Å². The molecule has 0 radical (unpaired) electrons. The number of rotatable bonds is 8. The van der Waals surface area contributed by atoms with Crippen molar-refractivity contribution in [3.63, 3.8) is 0 Å². The Balaban J connectivity index is 2.91. The quantitative estimate of drug-likeness (QED) is 0.488. The average Bonchev–Trinajstić information content (AvgIpc) is 2.38. The highest BCUT2D eigenvalue weighted by molar-refractivity contribution is 5.63. The second-order valence-corrected chi connectivity index (χ2v) is 4.08. The van der Waals surface area contributed by atoms with Crippen molar-refractivity contribution in [1.29, 1.82) is 0 Å². The number of nitro benzene ring substituents is 1. The van der Waals surface area contributed by atoms with E-state index in [2.05, 4.69) is 10.6 Å². The number of nitrogens with one attached hydrogen (secondary N) is 2. The molecule has 0 spiro atoms. The van der Waals surface area contributed by atoms with Gasteiger partial charge in [-0.1, -0.05) is 0 Å². The Hall–Kier alpha value is -1.86. The molecule has 0 amide bonds. The zero-order chi connectivity index (χ0) is 14.3. The van der Waals surface area contributed by atoms with Gasteiger partial charge in [0.05, 0.1) is 17.6 Å². The summed E-state index contributed by atoms with van der Waals surface area (Å²) in [6, 6.07) is 4.60. The Morgan fingerprint density at radius 1 is 1.42 bits per heavy atom. The molecule has 1 aromatic carbocycles. The summed E-state index contributed by atoms with van der Waals surface area (Å²) in [6.07, 6.45) is 0.505. The predicted molar refractivity (Wildman–Crippen MR) is 73.6 cm³/mol. The van der Waals surface area contributed by atoms with Crippen LogP contribution in [0.5, 0.6) is 0 Å². The number of hydrogen-bond acceptors (Lipinski definition) is 6. The fourth-order valence-corrected chi connectivity index (χ4v) is 1.73. The number of nitro groups is 1. The van der Waals surface area contributed by atoms with Gasteiger partial charge in [-0.2, -0.15) is 0 Å². The number of nitrogens with zero attached hydrogens (tertiary/aromatic N) is 1. The van der Waals surface area contributed by atoms with Crippen molar-refractivity contribution in [3.05, 3.63) is 28.3 Å². The molecule has 106 valence electrons. The summed E-state index contributed by atoms with van der Waals surface area (Å²) in [6.45, 7) is 0.437. The normalized spacial score (nSPS) is 11.9. The molecule has 3 N–H and O–H groups in total. The molecular weight excluding hydrogens is 250 g/mol. The zero-order valence-electron chi connectivity index (χ0n) is 11.0. The second-order valence-electron chi connectivity index (χ2n) is 4.08. The molecule has 1 rings (SSSR count). The SMILES string of the molecule is CNc1cc(NC(CCO)COC)cc([N+](=O)[O-])c1. The Morgan fingerprint density at radius 2 is 2.11 bits per heavy atom. The van der Waals surface area contributed by atoms with Crippen LogP contribution in [0.4, 0.5) is 17.1 Å². The van der Waals surface area contributed by atoms with Gasteiger partial charge in [-0.05, 0) is 12.5 Å². The van der Waals surface area contributed by atoms with Crippen LogP contribution in [0.25, 0.3) is 0 Å². The number of benzene rings is 1. The Morgan fingerprint density at radius 3 is 2.63 bits per heavy atom. The number of aliphatic hydroxyl groups is 1. The van der Waals surface area contributed by atoms with Gasteiger partial charge in [0.2, 0.25) is 0 Å². The lowest BCUT2D eigenvalue weighted by Gasteiger charge is -2.18. The molecule has 0 aromatic heterocycles. The zero-order valence-corrected chi connectivity index (χ0v) is 11.0. The van der Waals surface area contributed by atoms with Gasteiger partial charge in [-0.3, -0.25) is 10.1 Å². The summed E-state index contributed by atoms with van der Waals surface area (Å²) in [4.78, 5) is 10.4. The molecule has 0 aliphatic carbocycles. The van der Waals surface area contributed by atoms with Crippen molar-refractivity contribution in [2.24, 2.45) is 0 Å². The smallest absolute Gasteiger partial charge is 0.273 e. The third kappa shape index (κ3) is 4.72. The molecule has 7 heteroatoms. The van der Waals surface area contributed by atoms with Crippen molar-refractivity contribution in [3.8, 4) is 0 Å². The summed E-state index contributed by atoms with van der Waals surface area (Å²) < 4.78 is 5.04. The molecule has 0 fully saturated rings.